The summed E-state index contributed by atoms with van der Waals surface area (Å²) in [6.45, 7) is 3.94. The third-order valence-electron chi connectivity index (χ3n) is 4.73. The fourth-order valence-electron chi connectivity index (χ4n) is 3.24. The van der Waals surface area contributed by atoms with Gasteiger partial charge in [-0.15, -0.1) is 0 Å². The number of hydrogen-bond donors (Lipinski definition) is 1. The predicted octanol–water partition coefficient (Wildman–Crippen LogP) is 4.45. The lowest BCUT2D eigenvalue weighted by Gasteiger charge is -2.30. The van der Waals surface area contributed by atoms with Crippen LogP contribution in [0, 0.1) is 0 Å². The van der Waals surface area contributed by atoms with Crippen molar-refractivity contribution in [2.45, 2.75) is 6.54 Å². The summed E-state index contributed by atoms with van der Waals surface area (Å²) in [5.41, 5.74) is 3.28. The molecule has 1 saturated heterocycles. The Hall–Kier alpha value is -2.31. The number of methoxy groups -OCH3 is 1. The maximum atomic E-state index is 5.52. The van der Waals surface area contributed by atoms with Crippen molar-refractivity contribution < 1.29 is 9.47 Å². The topological polar surface area (TPSA) is 46.6 Å². The first-order valence-corrected chi connectivity index (χ1v) is 9.82. The van der Waals surface area contributed by atoms with E-state index in [0.717, 1.165) is 58.9 Å². The lowest BCUT2D eigenvalue weighted by molar-refractivity contribution is 0.123. The second kappa shape index (κ2) is 8.15. The number of ether oxygens (including phenoxy) is 2. The maximum absolute atomic E-state index is 5.52. The van der Waals surface area contributed by atoms with Gasteiger partial charge in [-0.1, -0.05) is 28.1 Å². The molecule has 3 aromatic rings. The Bertz CT molecular complexity index is 925. The van der Waals surface area contributed by atoms with Crippen molar-refractivity contribution in [1.29, 1.82) is 0 Å². The van der Waals surface area contributed by atoms with E-state index in [2.05, 4.69) is 50.4 Å². The summed E-state index contributed by atoms with van der Waals surface area (Å²) in [5, 5.41) is 4.65. The zero-order valence-electron chi connectivity index (χ0n) is 15.2. The number of morpholine rings is 1. The van der Waals surface area contributed by atoms with E-state index in [4.69, 9.17) is 14.5 Å². The van der Waals surface area contributed by atoms with E-state index in [1.165, 1.54) is 5.56 Å². The molecule has 2 aromatic carbocycles. The van der Waals surface area contributed by atoms with Crippen LogP contribution in [0.5, 0.6) is 5.75 Å². The molecule has 0 spiro atoms. The smallest absolute Gasteiger partial charge is 0.150 e. The van der Waals surface area contributed by atoms with E-state index in [-0.39, 0.29) is 0 Å². The number of nitrogens with one attached hydrogen (secondary N) is 1. The van der Waals surface area contributed by atoms with Crippen molar-refractivity contribution in [3.8, 4) is 5.75 Å². The summed E-state index contributed by atoms with van der Waals surface area (Å²) in [4.78, 5) is 7.24. The summed E-state index contributed by atoms with van der Waals surface area (Å²) in [5.74, 6) is 1.77. The minimum Gasteiger partial charge on any atom is -0.497 e. The molecule has 0 radical (unpaired) electrons. The number of benzene rings is 2. The van der Waals surface area contributed by atoms with Crippen LogP contribution < -0.4 is 15.0 Å². The highest BCUT2D eigenvalue weighted by Gasteiger charge is 2.17. The van der Waals surface area contributed by atoms with E-state index < -0.39 is 0 Å². The Morgan fingerprint density at radius 1 is 1.11 bits per heavy atom. The number of pyridine rings is 1. The van der Waals surface area contributed by atoms with Crippen LogP contribution in [-0.2, 0) is 11.3 Å². The Morgan fingerprint density at radius 3 is 2.63 bits per heavy atom. The summed E-state index contributed by atoms with van der Waals surface area (Å²) in [6.07, 6.45) is 0. The molecule has 2 heterocycles. The van der Waals surface area contributed by atoms with Gasteiger partial charge in [0.25, 0.3) is 0 Å². The molecule has 6 heteroatoms. The highest BCUT2D eigenvalue weighted by atomic mass is 79.9. The van der Waals surface area contributed by atoms with E-state index in [0.29, 0.717) is 6.54 Å². The van der Waals surface area contributed by atoms with Gasteiger partial charge in [-0.2, -0.15) is 0 Å². The molecule has 27 heavy (non-hydrogen) atoms. The largest absolute Gasteiger partial charge is 0.497 e. The van der Waals surface area contributed by atoms with Gasteiger partial charge in [-0.05, 0) is 42.0 Å². The van der Waals surface area contributed by atoms with Crippen LogP contribution in [0.3, 0.4) is 0 Å². The van der Waals surface area contributed by atoms with Gasteiger partial charge in [-0.25, -0.2) is 4.98 Å². The fourth-order valence-corrected chi connectivity index (χ4v) is 3.62. The Labute approximate surface area is 167 Å². The molecule has 0 saturated carbocycles. The van der Waals surface area contributed by atoms with Crippen LogP contribution in [0.25, 0.3) is 10.9 Å². The highest BCUT2D eigenvalue weighted by Crippen LogP contribution is 2.31. The van der Waals surface area contributed by atoms with Crippen molar-refractivity contribution in [2.24, 2.45) is 0 Å². The second-order valence-corrected chi connectivity index (χ2v) is 7.41. The number of fused-ring (bicyclic) bond motifs is 1. The van der Waals surface area contributed by atoms with Gasteiger partial charge in [-0.3, -0.25) is 0 Å². The highest BCUT2D eigenvalue weighted by molar-refractivity contribution is 9.10. The number of aromatic nitrogens is 1. The molecule has 5 nitrogen and oxygen atoms in total. The molecule has 0 bridgehead atoms. The van der Waals surface area contributed by atoms with Crippen molar-refractivity contribution in [2.75, 3.05) is 43.6 Å². The molecule has 1 fully saturated rings. The zero-order chi connectivity index (χ0) is 18.6. The summed E-state index contributed by atoms with van der Waals surface area (Å²) in [6, 6.07) is 16.5. The molecule has 0 unspecified atom stereocenters. The Morgan fingerprint density at radius 2 is 1.89 bits per heavy atom. The monoisotopic (exact) mass is 427 g/mol. The first-order valence-electron chi connectivity index (χ1n) is 9.03. The molecule has 0 amide bonds. The predicted molar refractivity (Wildman–Crippen MR) is 113 cm³/mol. The number of hydrogen-bond acceptors (Lipinski definition) is 5. The molecule has 1 aliphatic heterocycles. The summed E-state index contributed by atoms with van der Waals surface area (Å²) in [7, 11) is 1.68. The van der Waals surface area contributed by atoms with Crippen molar-refractivity contribution >= 4 is 38.3 Å². The van der Waals surface area contributed by atoms with Gasteiger partial charge in [0.15, 0.2) is 5.82 Å². The van der Waals surface area contributed by atoms with Gasteiger partial charge < -0.3 is 19.7 Å². The first kappa shape index (κ1) is 18.1. The molecule has 1 aromatic heterocycles. The molecule has 0 atom stereocenters. The second-order valence-electron chi connectivity index (χ2n) is 6.49. The number of halogens is 1. The van der Waals surface area contributed by atoms with E-state index >= 15 is 0 Å². The molecule has 140 valence electrons. The van der Waals surface area contributed by atoms with Gasteiger partial charge in [0, 0.05) is 29.5 Å². The normalized spacial score (nSPS) is 14.4. The van der Waals surface area contributed by atoms with Crippen LogP contribution in [0.15, 0.2) is 53.0 Å². The van der Waals surface area contributed by atoms with Crippen LogP contribution in [-0.4, -0.2) is 38.4 Å². The van der Waals surface area contributed by atoms with Gasteiger partial charge in [0.2, 0.25) is 0 Å². The van der Waals surface area contributed by atoms with Crippen LogP contribution in [0.1, 0.15) is 5.56 Å². The van der Waals surface area contributed by atoms with Gasteiger partial charge in [0.05, 0.1) is 31.5 Å². The van der Waals surface area contributed by atoms with Gasteiger partial charge in [0.1, 0.15) is 5.75 Å². The van der Waals surface area contributed by atoms with E-state index in [9.17, 15) is 0 Å². The molecule has 4 rings (SSSR count). The summed E-state index contributed by atoms with van der Waals surface area (Å²) < 4.78 is 11.8. The minimum absolute atomic E-state index is 0.705. The number of rotatable bonds is 5. The number of anilines is 2. The van der Waals surface area contributed by atoms with E-state index in [1.807, 2.05) is 24.3 Å². The van der Waals surface area contributed by atoms with Crippen LogP contribution in [0.2, 0.25) is 0 Å². The van der Waals surface area contributed by atoms with Crippen molar-refractivity contribution in [3.63, 3.8) is 0 Å². The van der Waals surface area contributed by atoms with Gasteiger partial charge >= 0.3 is 0 Å². The molecular weight excluding hydrogens is 406 g/mol. The summed E-state index contributed by atoms with van der Waals surface area (Å²) >= 11 is 3.56. The first-order chi connectivity index (χ1) is 13.2. The molecule has 0 aliphatic carbocycles. The Balaban J connectivity index is 1.64. The molecule has 1 N–H and O–H groups in total. The van der Waals surface area contributed by atoms with Crippen molar-refractivity contribution in [1.82, 2.24) is 4.98 Å². The van der Waals surface area contributed by atoms with Crippen LogP contribution in [0.4, 0.5) is 11.5 Å². The quantitative estimate of drug-likeness (QED) is 0.651. The SMILES string of the molecule is COc1ccc(CNc2nc3ccc(Br)cc3cc2N2CCOCC2)cc1. The van der Waals surface area contributed by atoms with Crippen LogP contribution >= 0.6 is 15.9 Å². The third-order valence-corrected chi connectivity index (χ3v) is 5.22. The fraction of sp³-hybridized carbons (Fsp3) is 0.286. The molecular formula is C21H22BrN3O2. The lowest BCUT2D eigenvalue weighted by atomic mass is 10.1. The average molecular weight is 428 g/mol. The third kappa shape index (κ3) is 4.17. The number of nitrogens with zero attached hydrogens (tertiary/aromatic N) is 2. The maximum Gasteiger partial charge on any atom is 0.150 e. The van der Waals surface area contributed by atoms with E-state index in [1.54, 1.807) is 7.11 Å². The zero-order valence-corrected chi connectivity index (χ0v) is 16.8. The lowest BCUT2D eigenvalue weighted by Crippen LogP contribution is -2.36. The Kier molecular flexibility index (Phi) is 5.45. The standard InChI is InChI=1S/C21H22BrN3O2/c1-26-18-5-2-15(3-6-18)14-23-21-20(25-8-10-27-11-9-25)13-16-12-17(22)4-7-19(16)24-21/h2-7,12-13H,8-11,14H2,1H3,(H,23,24). The average Bonchev–Trinajstić information content (AvgIpc) is 2.72. The molecule has 1 aliphatic rings. The minimum atomic E-state index is 0.705. The van der Waals surface area contributed by atoms with Crippen molar-refractivity contribution in [3.05, 3.63) is 58.6 Å².